The van der Waals surface area contributed by atoms with E-state index in [1.807, 2.05) is 51.2 Å². The lowest BCUT2D eigenvalue weighted by Crippen LogP contribution is -2.03. The van der Waals surface area contributed by atoms with Gasteiger partial charge in [0.15, 0.2) is 0 Å². The summed E-state index contributed by atoms with van der Waals surface area (Å²) in [5.41, 5.74) is 3.44. The van der Waals surface area contributed by atoms with Crippen LogP contribution in [0, 0.1) is 25.2 Å². The van der Waals surface area contributed by atoms with Crippen LogP contribution < -0.4 is 10.1 Å². The summed E-state index contributed by atoms with van der Waals surface area (Å²) < 4.78 is 5.85. The van der Waals surface area contributed by atoms with Crippen molar-refractivity contribution in [3.8, 4) is 11.8 Å². The molecule has 0 atom stereocenters. The third-order valence-electron chi connectivity index (χ3n) is 3.02. The zero-order valence-corrected chi connectivity index (χ0v) is 11.9. The summed E-state index contributed by atoms with van der Waals surface area (Å²) in [6.45, 7) is 4.30. The lowest BCUT2D eigenvalue weighted by atomic mass is 10.1. The SMILES string of the molecule is CNc1cccc(COc2c(C)cc(C#N)cc2C)n1. The number of ether oxygens (including phenoxy) is 1. The van der Waals surface area contributed by atoms with Crippen molar-refractivity contribution >= 4 is 5.82 Å². The smallest absolute Gasteiger partial charge is 0.130 e. The second-order valence-corrected chi connectivity index (χ2v) is 4.60. The number of rotatable bonds is 4. The molecular formula is C16H17N3O. The number of anilines is 1. The van der Waals surface area contributed by atoms with Crippen molar-refractivity contribution in [1.29, 1.82) is 5.26 Å². The Labute approximate surface area is 119 Å². The van der Waals surface area contributed by atoms with Crippen molar-refractivity contribution < 1.29 is 4.74 Å². The Morgan fingerprint density at radius 3 is 2.55 bits per heavy atom. The fraction of sp³-hybridized carbons (Fsp3) is 0.250. The molecule has 0 unspecified atom stereocenters. The molecule has 0 saturated heterocycles. The molecule has 0 amide bonds. The Morgan fingerprint density at radius 2 is 1.95 bits per heavy atom. The van der Waals surface area contributed by atoms with Crippen LogP contribution in [0.1, 0.15) is 22.4 Å². The van der Waals surface area contributed by atoms with E-state index < -0.39 is 0 Å². The highest BCUT2D eigenvalue weighted by atomic mass is 16.5. The first-order valence-corrected chi connectivity index (χ1v) is 6.42. The normalized spacial score (nSPS) is 9.90. The predicted octanol–water partition coefficient (Wildman–Crippen LogP) is 3.19. The molecule has 0 fully saturated rings. The first kappa shape index (κ1) is 13.9. The lowest BCUT2D eigenvalue weighted by Gasteiger charge is -2.12. The van der Waals surface area contributed by atoms with Crippen LogP contribution in [0.15, 0.2) is 30.3 Å². The van der Waals surface area contributed by atoms with Gasteiger partial charge in [0.1, 0.15) is 18.2 Å². The summed E-state index contributed by atoms with van der Waals surface area (Å²) >= 11 is 0. The van der Waals surface area contributed by atoms with Crippen molar-refractivity contribution in [2.24, 2.45) is 0 Å². The number of benzene rings is 1. The highest BCUT2D eigenvalue weighted by Gasteiger charge is 2.07. The van der Waals surface area contributed by atoms with Crippen LogP contribution in [0.3, 0.4) is 0 Å². The first-order chi connectivity index (χ1) is 9.63. The van der Waals surface area contributed by atoms with Crippen LogP contribution in [0.4, 0.5) is 5.82 Å². The molecule has 0 spiro atoms. The van der Waals surface area contributed by atoms with E-state index in [1.165, 1.54) is 0 Å². The Morgan fingerprint density at radius 1 is 1.25 bits per heavy atom. The number of pyridine rings is 1. The maximum Gasteiger partial charge on any atom is 0.130 e. The average Bonchev–Trinajstić information content (AvgIpc) is 2.46. The standard InChI is InChI=1S/C16H17N3O/c1-11-7-13(9-17)8-12(2)16(11)20-10-14-5-4-6-15(18-3)19-14/h4-8H,10H2,1-3H3,(H,18,19). The zero-order valence-electron chi connectivity index (χ0n) is 11.9. The summed E-state index contributed by atoms with van der Waals surface area (Å²) in [4.78, 5) is 4.41. The number of aromatic nitrogens is 1. The molecule has 4 heteroatoms. The lowest BCUT2D eigenvalue weighted by molar-refractivity contribution is 0.297. The van der Waals surface area contributed by atoms with Gasteiger partial charge in [-0.05, 0) is 49.2 Å². The maximum absolute atomic E-state index is 8.94. The molecule has 0 radical (unpaired) electrons. The van der Waals surface area contributed by atoms with Crippen molar-refractivity contribution in [1.82, 2.24) is 4.98 Å². The fourth-order valence-electron chi connectivity index (χ4n) is 2.09. The van der Waals surface area contributed by atoms with E-state index in [1.54, 1.807) is 0 Å². The molecule has 1 N–H and O–H groups in total. The molecule has 0 aliphatic rings. The number of nitrogens with one attached hydrogen (secondary N) is 1. The van der Waals surface area contributed by atoms with Crippen molar-refractivity contribution in [2.45, 2.75) is 20.5 Å². The third kappa shape index (κ3) is 3.07. The van der Waals surface area contributed by atoms with Gasteiger partial charge in [-0.2, -0.15) is 5.26 Å². The summed E-state index contributed by atoms with van der Waals surface area (Å²) in [5, 5.41) is 11.9. The molecule has 20 heavy (non-hydrogen) atoms. The minimum Gasteiger partial charge on any atom is -0.487 e. The van der Waals surface area contributed by atoms with E-state index in [9.17, 15) is 0 Å². The van der Waals surface area contributed by atoms with E-state index in [0.29, 0.717) is 12.2 Å². The molecule has 102 valence electrons. The fourth-order valence-corrected chi connectivity index (χ4v) is 2.09. The van der Waals surface area contributed by atoms with Crippen molar-refractivity contribution in [3.05, 3.63) is 52.7 Å². The largest absolute Gasteiger partial charge is 0.487 e. The average molecular weight is 267 g/mol. The molecule has 4 nitrogen and oxygen atoms in total. The number of hydrogen-bond donors (Lipinski definition) is 1. The van der Waals surface area contributed by atoms with E-state index >= 15 is 0 Å². The molecule has 0 bridgehead atoms. The van der Waals surface area contributed by atoms with E-state index in [0.717, 1.165) is 28.4 Å². The highest BCUT2D eigenvalue weighted by Crippen LogP contribution is 2.25. The second kappa shape index (κ2) is 6.07. The summed E-state index contributed by atoms with van der Waals surface area (Å²) in [6.07, 6.45) is 0. The van der Waals surface area contributed by atoms with Gasteiger partial charge in [0, 0.05) is 7.05 Å². The highest BCUT2D eigenvalue weighted by molar-refractivity contribution is 5.47. The first-order valence-electron chi connectivity index (χ1n) is 6.42. The third-order valence-corrected chi connectivity index (χ3v) is 3.02. The van der Waals surface area contributed by atoms with E-state index in [2.05, 4.69) is 16.4 Å². The summed E-state index contributed by atoms with van der Waals surface area (Å²) in [7, 11) is 1.84. The van der Waals surface area contributed by atoms with Crippen LogP contribution in [0.25, 0.3) is 0 Å². The minimum atomic E-state index is 0.406. The number of aryl methyl sites for hydroxylation is 2. The molecule has 1 aromatic heterocycles. The van der Waals surface area contributed by atoms with Gasteiger partial charge in [-0.15, -0.1) is 0 Å². The van der Waals surface area contributed by atoms with Crippen LogP contribution >= 0.6 is 0 Å². The topological polar surface area (TPSA) is 57.9 Å². The van der Waals surface area contributed by atoms with Gasteiger partial charge in [-0.25, -0.2) is 4.98 Å². The zero-order chi connectivity index (χ0) is 14.5. The van der Waals surface area contributed by atoms with E-state index in [-0.39, 0.29) is 0 Å². The molecule has 2 aromatic rings. The Hall–Kier alpha value is -2.54. The molecule has 0 aliphatic carbocycles. The molecule has 1 heterocycles. The molecule has 2 rings (SSSR count). The molecule has 0 saturated carbocycles. The minimum absolute atomic E-state index is 0.406. The predicted molar refractivity (Wildman–Crippen MR) is 78.7 cm³/mol. The Kier molecular flexibility index (Phi) is 4.21. The van der Waals surface area contributed by atoms with Crippen LogP contribution in [-0.2, 0) is 6.61 Å². The Balaban J connectivity index is 2.17. The maximum atomic E-state index is 8.94. The number of nitriles is 1. The quantitative estimate of drug-likeness (QED) is 0.924. The monoisotopic (exact) mass is 267 g/mol. The second-order valence-electron chi connectivity index (χ2n) is 4.60. The molecule has 0 aliphatic heterocycles. The van der Waals surface area contributed by atoms with Gasteiger partial charge in [-0.1, -0.05) is 6.07 Å². The van der Waals surface area contributed by atoms with Crippen molar-refractivity contribution in [3.63, 3.8) is 0 Å². The van der Waals surface area contributed by atoms with Gasteiger partial charge >= 0.3 is 0 Å². The van der Waals surface area contributed by atoms with Gasteiger partial charge in [0.25, 0.3) is 0 Å². The molecular weight excluding hydrogens is 250 g/mol. The van der Waals surface area contributed by atoms with E-state index in [4.69, 9.17) is 10.00 Å². The number of nitrogens with zero attached hydrogens (tertiary/aromatic N) is 2. The van der Waals surface area contributed by atoms with Crippen LogP contribution in [0.5, 0.6) is 5.75 Å². The number of hydrogen-bond acceptors (Lipinski definition) is 4. The van der Waals surface area contributed by atoms with Crippen molar-refractivity contribution in [2.75, 3.05) is 12.4 Å². The summed E-state index contributed by atoms with van der Waals surface area (Å²) in [6, 6.07) is 11.6. The van der Waals surface area contributed by atoms with Crippen LogP contribution in [0.2, 0.25) is 0 Å². The van der Waals surface area contributed by atoms with Gasteiger partial charge in [0.2, 0.25) is 0 Å². The molecule has 1 aromatic carbocycles. The van der Waals surface area contributed by atoms with Crippen LogP contribution in [-0.4, -0.2) is 12.0 Å². The van der Waals surface area contributed by atoms with Gasteiger partial charge in [-0.3, -0.25) is 0 Å². The Bertz CT molecular complexity index is 636. The summed E-state index contributed by atoms with van der Waals surface area (Å²) in [5.74, 6) is 1.64. The van der Waals surface area contributed by atoms with Gasteiger partial charge in [0.05, 0.1) is 17.3 Å². The van der Waals surface area contributed by atoms with Gasteiger partial charge < -0.3 is 10.1 Å².